The number of aromatic carboxylic acids is 1. The number of aromatic nitrogens is 2. The molecule has 0 aromatic carbocycles. The van der Waals surface area contributed by atoms with Crippen molar-refractivity contribution in [3.63, 3.8) is 0 Å². The Labute approximate surface area is 100 Å². The molecule has 0 aliphatic heterocycles. The number of hydrogen-bond donors (Lipinski definition) is 2. The molecular formula is C11H17N3O3. The van der Waals surface area contributed by atoms with Crippen molar-refractivity contribution in [2.75, 3.05) is 25.1 Å². The smallest absolute Gasteiger partial charge is 0.354 e. The second-order valence-corrected chi connectivity index (χ2v) is 3.50. The van der Waals surface area contributed by atoms with Crippen molar-refractivity contribution in [2.45, 2.75) is 20.3 Å². The molecule has 0 atom stereocenters. The Morgan fingerprint density at radius 2 is 2.29 bits per heavy atom. The van der Waals surface area contributed by atoms with Crippen LogP contribution in [0.3, 0.4) is 0 Å². The van der Waals surface area contributed by atoms with Gasteiger partial charge in [-0.05, 0) is 26.3 Å². The van der Waals surface area contributed by atoms with Crippen LogP contribution in [0.5, 0.6) is 0 Å². The number of nitrogens with one attached hydrogen (secondary N) is 1. The molecule has 0 aliphatic rings. The Hall–Kier alpha value is -1.69. The fraction of sp³-hybridized carbons (Fsp3) is 0.545. The minimum Gasteiger partial charge on any atom is -0.477 e. The van der Waals surface area contributed by atoms with Crippen LogP contribution in [0.15, 0.2) is 6.07 Å². The van der Waals surface area contributed by atoms with Gasteiger partial charge in [0.2, 0.25) is 5.95 Å². The Bertz CT molecular complexity index is 382. The maximum absolute atomic E-state index is 10.8. The van der Waals surface area contributed by atoms with E-state index >= 15 is 0 Å². The van der Waals surface area contributed by atoms with Gasteiger partial charge in [0.05, 0.1) is 0 Å². The Balaban J connectivity index is 2.50. The van der Waals surface area contributed by atoms with Crippen molar-refractivity contribution in [3.05, 3.63) is 17.5 Å². The van der Waals surface area contributed by atoms with Crippen LogP contribution >= 0.6 is 0 Å². The topological polar surface area (TPSA) is 84.3 Å². The van der Waals surface area contributed by atoms with Crippen LogP contribution in [0.4, 0.5) is 5.95 Å². The van der Waals surface area contributed by atoms with Crippen LogP contribution in [0, 0.1) is 6.92 Å². The van der Waals surface area contributed by atoms with Crippen LogP contribution in [0.1, 0.15) is 29.5 Å². The monoisotopic (exact) mass is 239 g/mol. The number of rotatable bonds is 7. The summed E-state index contributed by atoms with van der Waals surface area (Å²) >= 11 is 0. The van der Waals surface area contributed by atoms with E-state index < -0.39 is 5.97 Å². The van der Waals surface area contributed by atoms with Gasteiger partial charge < -0.3 is 15.2 Å². The first-order chi connectivity index (χ1) is 8.13. The largest absolute Gasteiger partial charge is 0.477 e. The van der Waals surface area contributed by atoms with E-state index in [1.165, 1.54) is 6.07 Å². The predicted octanol–water partition coefficient (Wildman–Crippen LogP) is 1.32. The number of anilines is 1. The van der Waals surface area contributed by atoms with Gasteiger partial charge in [-0.25, -0.2) is 14.8 Å². The van der Waals surface area contributed by atoms with Gasteiger partial charge in [0.15, 0.2) is 5.69 Å². The number of carboxylic acid groups (broad SMARTS) is 1. The van der Waals surface area contributed by atoms with E-state index in [9.17, 15) is 4.79 Å². The van der Waals surface area contributed by atoms with Crippen LogP contribution in [-0.4, -0.2) is 40.8 Å². The minimum absolute atomic E-state index is 0.00445. The van der Waals surface area contributed by atoms with Crippen LogP contribution in [0.25, 0.3) is 0 Å². The SMILES string of the molecule is CCOCCCNc1nc(C)cc(C(=O)O)n1. The standard InChI is InChI=1S/C11H17N3O3/c1-3-17-6-4-5-12-11-13-8(2)7-9(14-11)10(15)16/h7H,3-6H2,1-2H3,(H,15,16)(H,12,13,14). The number of carboxylic acids is 1. The van der Waals surface area contributed by atoms with E-state index in [-0.39, 0.29) is 5.69 Å². The fourth-order valence-electron chi connectivity index (χ4n) is 1.28. The number of carbonyl (C=O) groups is 1. The fourth-order valence-corrected chi connectivity index (χ4v) is 1.28. The third kappa shape index (κ3) is 4.78. The summed E-state index contributed by atoms with van der Waals surface area (Å²) in [5, 5.41) is 11.8. The first-order valence-corrected chi connectivity index (χ1v) is 5.54. The zero-order valence-electron chi connectivity index (χ0n) is 10.1. The average Bonchev–Trinajstić information content (AvgIpc) is 2.28. The maximum atomic E-state index is 10.8. The molecular weight excluding hydrogens is 222 g/mol. The summed E-state index contributed by atoms with van der Waals surface area (Å²) in [5.74, 6) is -0.702. The second kappa shape index (κ2) is 6.80. The van der Waals surface area contributed by atoms with Crippen molar-refractivity contribution in [3.8, 4) is 0 Å². The Morgan fingerprint density at radius 3 is 2.94 bits per heavy atom. The summed E-state index contributed by atoms with van der Waals surface area (Å²) in [6.07, 6.45) is 0.827. The second-order valence-electron chi connectivity index (χ2n) is 3.50. The first-order valence-electron chi connectivity index (χ1n) is 5.54. The molecule has 2 N–H and O–H groups in total. The van der Waals surface area contributed by atoms with E-state index in [1.54, 1.807) is 6.92 Å². The van der Waals surface area contributed by atoms with Crippen molar-refractivity contribution in [1.29, 1.82) is 0 Å². The normalized spacial score (nSPS) is 10.2. The number of nitrogens with zero attached hydrogens (tertiary/aromatic N) is 2. The molecule has 1 rings (SSSR count). The van der Waals surface area contributed by atoms with Crippen molar-refractivity contribution >= 4 is 11.9 Å². The van der Waals surface area contributed by atoms with Gasteiger partial charge in [0.1, 0.15) is 0 Å². The molecule has 0 unspecified atom stereocenters. The third-order valence-electron chi connectivity index (χ3n) is 2.03. The van der Waals surface area contributed by atoms with Gasteiger partial charge in [0.25, 0.3) is 0 Å². The van der Waals surface area contributed by atoms with Gasteiger partial charge in [-0.2, -0.15) is 0 Å². The van der Waals surface area contributed by atoms with E-state index in [0.717, 1.165) is 6.42 Å². The molecule has 0 bridgehead atoms. The van der Waals surface area contributed by atoms with Gasteiger partial charge in [0, 0.05) is 25.5 Å². The lowest BCUT2D eigenvalue weighted by Gasteiger charge is -2.06. The highest BCUT2D eigenvalue weighted by Gasteiger charge is 2.07. The van der Waals surface area contributed by atoms with Crippen LogP contribution in [0.2, 0.25) is 0 Å². The highest BCUT2D eigenvalue weighted by atomic mass is 16.5. The van der Waals surface area contributed by atoms with Gasteiger partial charge in [-0.1, -0.05) is 0 Å². The van der Waals surface area contributed by atoms with Crippen LogP contribution in [-0.2, 0) is 4.74 Å². The average molecular weight is 239 g/mol. The van der Waals surface area contributed by atoms with E-state index in [0.29, 0.717) is 31.4 Å². The van der Waals surface area contributed by atoms with E-state index in [1.807, 2.05) is 6.92 Å². The molecule has 6 heteroatoms. The minimum atomic E-state index is -1.05. The molecule has 0 spiro atoms. The van der Waals surface area contributed by atoms with Crippen molar-refractivity contribution in [2.24, 2.45) is 0 Å². The molecule has 0 fully saturated rings. The summed E-state index contributed by atoms with van der Waals surface area (Å²) in [5.41, 5.74) is 0.634. The van der Waals surface area contributed by atoms with Crippen molar-refractivity contribution in [1.82, 2.24) is 9.97 Å². The lowest BCUT2D eigenvalue weighted by molar-refractivity contribution is 0.0690. The summed E-state index contributed by atoms with van der Waals surface area (Å²) in [6, 6.07) is 1.44. The number of aryl methyl sites for hydroxylation is 1. The molecule has 1 heterocycles. The molecule has 17 heavy (non-hydrogen) atoms. The number of ether oxygens (including phenoxy) is 1. The quantitative estimate of drug-likeness (QED) is 0.698. The summed E-state index contributed by atoms with van der Waals surface area (Å²) in [6.45, 7) is 5.70. The highest BCUT2D eigenvalue weighted by Crippen LogP contribution is 2.04. The third-order valence-corrected chi connectivity index (χ3v) is 2.03. The summed E-state index contributed by atoms with van der Waals surface area (Å²) < 4.78 is 5.18. The van der Waals surface area contributed by atoms with Gasteiger partial charge in [-0.15, -0.1) is 0 Å². The number of hydrogen-bond acceptors (Lipinski definition) is 5. The molecule has 1 aromatic heterocycles. The zero-order valence-corrected chi connectivity index (χ0v) is 10.1. The van der Waals surface area contributed by atoms with Gasteiger partial charge in [-0.3, -0.25) is 0 Å². The molecule has 0 amide bonds. The highest BCUT2D eigenvalue weighted by molar-refractivity contribution is 5.85. The molecule has 0 saturated carbocycles. The Kier molecular flexibility index (Phi) is 5.35. The molecule has 94 valence electrons. The summed E-state index contributed by atoms with van der Waals surface area (Å²) in [7, 11) is 0. The molecule has 6 nitrogen and oxygen atoms in total. The Morgan fingerprint density at radius 1 is 1.53 bits per heavy atom. The molecule has 0 radical (unpaired) electrons. The zero-order chi connectivity index (χ0) is 12.7. The van der Waals surface area contributed by atoms with E-state index in [4.69, 9.17) is 9.84 Å². The van der Waals surface area contributed by atoms with E-state index in [2.05, 4.69) is 15.3 Å². The molecule has 1 aromatic rings. The van der Waals surface area contributed by atoms with Crippen molar-refractivity contribution < 1.29 is 14.6 Å². The predicted molar refractivity (Wildman–Crippen MR) is 63.3 cm³/mol. The molecule has 0 saturated heterocycles. The lowest BCUT2D eigenvalue weighted by Crippen LogP contribution is -2.11. The van der Waals surface area contributed by atoms with Crippen LogP contribution < -0.4 is 5.32 Å². The maximum Gasteiger partial charge on any atom is 0.354 e. The molecule has 0 aliphatic carbocycles. The summed E-state index contributed by atoms with van der Waals surface area (Å²) in [4.78, 5) is 18.8. The first kappa shape index (κ1) is 13.4. The van der Waals surface area contributed by atoms with Gasteiger partial charge >= 0.3 is 5.97 Å². The lowest BCUT2D eigenvalue weighted by atomic mass is 10.3.